The summed E-state index contributed by atoms with van der Waals surface area (Å²) in [7, 11) is 1.89. The van der Waals surface area contributed by atoms with Crippen LogP contribution in [0, 0.1) is 0 Å². The molecule has 2 aromatic heterocycles. The molecule has 0 spiro atoms. The van der Waals surface area contributed by atoms with Gasteiger partial charge in [0, 0.05) is 32.4 Å². The minimum absolute atomic E-state index is 0.553. The third kappa shape index (κ3) is 2.30. The summed E-state index contributed by atoms with van der Waals surface area (Å²) in [5, 5.41) is 14.1. The van der Waals surface area contributed by atoms with Gasteiger partial charge in [0.1, 0.15) is 6.10 Å². The summed E-state index contributed by atoms with van der Waals surface area (Å²) in [5.41, 5.74) is 1.73. The maximum atomic E-state index is 9.96. The summed E-state index contributed by atoms with van der Waals surface area (Å²) < 4.78 is 3.68. The highest BCUT2D eigenvalue weighted by atomic mass is 16.3. The van der Waals surface area contributed by atoms with E-state index in [9.17, 15) is 5.11 Å². The van der Waals surface area contributed by atoms with Gasteiger partial charge in [0.15, 0.2) is 0 Å². The molecule has 0 aliphatic rings. The van der Waals surface area contributed by atoms with Crippen LogP contribution < -0.4 is 0 Å². The van der Waals surface area contributed by atoms with E-state index in [4.69, 9.17) is 0 Å². The van der Waals surface area contributed by atoms with Crippen LogP contribution in [0.1, 0.15) is 24.3 Å². The molecule has 1 unspecified atom stereocenters. The summed E-state index contributed by atoms with van der Waals surface area (Å²) in [4.78, 5) is 4.12. The van der Waals surface area contributed by atoms with Gasteiger partial charge in [-0.05, 0) is 12.5 Å². The highest BCUT2D eigenvalue weighted by Gasteiger charge is 2.12. The smallest absolute Gasteiger partial charge is 0.102 e. The second-order valence-corrected chi connectivity index (χ2v) is 3.89. The molecule has 1 atom stereocenters. The second-order valence-electron chi connectivity index (χ2n) is 3.89. The highest BCUT2D eigenvalue weighted by molar-refractivity contribution is 5.10. The van der Waals surface area contributed by atoms with Crippen LogP contribution in [0.3, 0.4) is 0 Å². The quantitative estimate of drug-likeness (QED) is 0.833. The summed E-state index contributed by atoms with van der Waals surface area (Å²) in [6, 6.07) is 0. The number of aryl methyl sites for hydroxylation is 2. The van der Waals surface area contributed by atoms with Gasteiger partial charge in [-0.3, -0.25) is 4.68 Å². The molecule has 0 fully saturated rings. The summed E-state index contributed by atoms with van der Waals surface area (Å²) >= 11 is 0. The Hall–Kier alpha value is -1.62. The monoisotopic (exact) mass is 220 g/mol. The van der Waals surface area contributed by atoms with Crippen molar-refractivity contribution < 1.29 is 5.11 Å². The van der Waals surface area contributed by atoms with Crippen LogP contribution >= 0.6 is 0 Å². The summed E-state index contributed by atoms with van der Waals surface area (Å²) in [6.45, 7) is 2.88. The first-order valence-corrected chi connectivity index (χ1v) is 5.36. The number of imidazole rings is 1. The van der Waals surface area contributed by atoms with Gasteiger partial charge >= 0.3 is 0 Å². The molecule has 0 saturated carbocycles. The highest BCUT2D eigenvalue weighted by Crippen LogP contribution is 2.15. The van der Waals surface area contributed by atoms with E-state index in [1.807, 2.05) is 35.6 Å². The van der Waals surface area contributed by atoms with Crippen molar-refractivity contribution >= 4 is 0 Å². The Morgan fingerprint density at radius 2 is 2.25 bits per heavy atom. The number of hydrogen-bond donors (Lipinski definition) is 1. The predicted molar refractivity (Wildman–Crippen MR) is 59.8 cm³/mol. The molecule has 86 valence electrons. The molecule has 0 aliphatic heterocycles. The molecule has 2 heterocycles. The fraction of sp³-hybridized carbons (Fsp3) is 0.455. The average Bonchev–Trinajstić information content (AvgIpc) is 2.87. The van der Waals surface area contributed by atoms with Crippen molar-refractivity contribution in [3.63, 3.8) is 0 Å². The lowest BCUT2D eigenvalue weighted by Gasteiger charge is -2.04. The Kier molecular flexibility index (Phi) is 3.05. The van der Waals surface area contributed by atoms with E-state index >= 15 is 0 Å². The lowest BCUT2D eigenvalue weighted by atomic mass is 10.1. The van der Waals surface area contributed by atoms with E-state index in [0.29, 0.717) is 12.1 Å². The van der Waals surface area contributed by atoms with E-state index in [-0.39, 0.29) is 0 Å². The van der Waals surface area contributed by atoms with Crippen molar-refractivity contribution in [1.29, 1.82) is 0 Å². The Morgan fingerprint density at radius 3 is 2.81 bits per heavy atom. The van der Waals surface area contributed by atoms with E-state index in [0.717, 1.165) is 12.1 Å². The van der Waals surface area contributed by atoms with Crippen molar-refractivity contribution in [2.75, 3.05) is 0 Å². The Labute approximate surface area is 94.4 Å². The van der Waals surface area contributed by atoms with Gasteiger partial charge in [-0.15, -0.1) is 0 Å². The van der Waals surface area contributed by atoms with Crippen LogP contribution in [-0.2, 0) is 20.0 Å². The molecule has 0 aromatic carbocycles. The van der Waals surface area contributed by atoms with Gasteiger partial charge in [0.25, 0.3) is 0 Å². The summed E-state index contributed by atoms with van der Waals surface area (Å²) in [5.74, 6) is 0. The van der Waals surface area contributed by atoms with Gasteiger partial charge in [-0.25, -0.2) is 4.98 Å². The molecule has 2 aromatic rings. The van der Waals surface area contributed by atoms with Crippen LogP contribution in [0.5, 0.6) is 0 Å². The lowest BCUT2D eigenvalue weighted by molar-refractivity contribution is 0.174. The first-order chi connectivity index (χ1) is 7.69. The predicted octanol–water partition coefficient (Wildman–Crippen LogP) is 0.913. The van der Waals surface area contributed by atoms with Crippen LogP contribution in [-0.4, -0.2) is 24.4 Å². The molecule has 2 rings (SSSR count). The molecule has 16 heavy (non-hydrogen) atoms. The number of aliphatic hydroxyl groups excluding tert-OH is 1. The molecule has 5 heteroatoms. The Balaban J connectivity index is 2.04. The largest absolute Gasteiger partial charge is 0.386 e. The third-order valence-corrected chi connectivity index (χ3v) is 2.51. The molecule has 0 bridgehead atoms. The normalized spacial score (nSPS) is 12.9. The van der Waals surface area contributed by atoms with E-state index in [1.165, 1.54) is 0 Å². The van der Waals surface area contributed by atoms with Crippen LogP contribution in [0.15, 0.2) is 24.9 Å². The van der Waals surface area contributed by atoms with E-state index in [2.05, 4.69) is 10.1 Å². The van der Waals surface area contributed by atoms with Crippen LogP contribution in [0.4, 0.5) is 0 Å². The minimum Gasteiger partial charge on any atom is -0.386 e. The van der Waals surface area contributed by atoms with Gasteiger partial charge in [-0.2, -0.15) is 5.10 Å². The number of hydrogen-bond acceptors (Lipinski definition) is 3. The number of aliphatic hydroxyl groups is 1. The average molecular weight is 220 g/mol. The second kappa shape index (κ2) is 4.49. The molecular weight excluding hydrogens is 204 g/mol. The zero-order chi connectivity index (χ0) is 11.5. The van der Waals surface area contributed by atoms with Crippen LogP contribution in [0.2, 0.25) is 0 Å². The summed E-state index contributed by atoms with van der Waals surface area (Å²) in [6.07, 6.45) is 7.25. The van der Waals surface area contributed by atoms with Gasteiger partial charge in [0.2, 0.25) is 0 Å². The van der Waals surface area contributed by atoms with Gasteiger partial charge in [0.05, 0.1) is 18.2 Å². The molecule has 0 aliphatic carbocycles. The first-order valence-electron chi connectivity index (χ1n) is 5.36. The van der Waals surface area contributed by atoms with E-state index in [1.54, 1.807) is 12.5 Å². The van der Waals surface area contributed by atoms with Crippen molar-refractivity contribution in [3.05, 3.63) is 36.2 Å². The molecule has 0 amide bonds. The zero-order valence-electron chi connectivity index (χ0n) is 9.54. The SMILES string of the molecule is CCn1cc(CC(O)c2cn(C)cn2)cn1. The Bertz CT molecular complexity index is 460. The molecule has 5 nitrogen and oxygen atoms in total. The van der Waals surface area contributed by atoms with Crippen molar-refractivity contribution in [3.8, 4) is 0 Å². The third-order valence-electron chi connectivity index (χ3n) is 2.51. The van der Waals surface area contributed by atoms with Gasteiger partial charge < -0.3 is 9.67 Å². The fourth-order valence-electron chi connectivity index (χ4n) is 1.62. The standard InChI is InChI=1S/C11H16N4O/c1-3-15-6-9(5-13-15)4-11(16)10-7-14(2)8-12-10/h5-8,11,16H,3-4H2,1-2H3. The molecule has 0 radical (unpaired) electrons. The molecular formula is C11H16N4O. The number of aromatic nitrogens is 4. The molecule has 0 saturated heterocycles. The number of rotatable bonds is 4. The fourth-order valence-corrected chi connectivity index (χ4v) is 1.62. The topological polar surface area (TPSA) is 55.9 Å². The maximum absolute atomic E-state index is 9.96. The minimum atomic E-state index is -0.560. The lowest BCUT2D eigenvalue weighted by Crippen LogP contribution is -2.01. The first kappa shape index (κ1) is 10.9. The van der Waals surface area contributed by atoms with Crippen molar-refractivity contribution in [2.24, 2.45) is 7.05 Å². The molecule has 1 N–H and O–H groups in total. The van der Waals surface area contributed by atoms with Gasteiger partial charge in [-0.1, -0.05) is 0 Å². The maximum Gasteiger partial charge on any atom is 0.102 e. The van der Waals surface area contributed by atoms with Crippen LogP contribution in [0.25, 0.3) is 0 Å². The van der Waals surface area contributed by atoms with E-state index < -0.39 is 6.10 Å². The number of nitrogens with zero attached hydrogens (tertiary/aromatic N) is 4. The Morgan fingerprint density at radius 1 is 1.44 bits per heavy atom. The van der Waals surface area contributed by atoms with Crippen molar-refractivity contribution in [2.45, 2.75) is 26.0 Å². The zero-order valence-corrected chi connectivity index (χ0v) is 9.54. The van der Waals surface area contributed by atoms with Crippen molar-refractivity contribution in [1.82, 2.24) is 19.3 Å².